The molecule has 0 aliphatic rings. The van der Waals surface area contributed by atoms with Gasteiger partial charge in [-0.15, -0.1) is 0 Å². The van der Waals surface area contributed by atoms with Gasteiger partial charge in [-0.25, -0.2) is 13.2 Å². The van der Waals surface area contributed by atoms with E-state index in [4.69, 9.17) is 0 Å². The summed E-state index contributed by atoms with van der Waals surface area (Å²) in [5.41, 5.74) is 8.12. The van der Waals surface area contributed by atoms with Crippen LogP contribution in [-0.4, -0.2) is 0 Å². The van der Waals surface area contributed by atoms with Crippen molar-refractivity contribution in [2.45, 2.75) is 39.5 Å². The molecule has 0 nitrogen and oxygen atoms in total. The predicted octanol–water partition coefficient (Wildman–Crippen LogP) is 9.01. The fourth-order valence-electron chi connectivity index (χ4n) is 4.16. The number of rotatable bonds is 7. The third-order valence-electron chi connectivity index (χ3n) is 6.11. The van der Waals surface area contributed by atoms with Crippen molar-refractivity contribution >= 4 is 0 Å². The van der Waals surface area contributed by atoms with E-state index < -0.39 is 17.5 Å². The van der Waals surface area contributed by atoms with Gasteiger partial charge in [-0.2, -0.15) is 0 Å². The minimum atomic E-state index is -1.45. The van der Waals surface area contributed by atoms with Crippen LogP contribution in [0.3, 0.4) is 0 Å². The van der Waals surface area contributed by atoms with Crippen LogP contribution < -0.4 is 0 Å². The Morgan fingerprint density at radius 1 is 0.576 bits per heavy atom. The zero-order valence-corrected chi connectivity index (χ0v) is 19.0. The number of hydrogen-bond donors (Lipinski definition) is 0. The van der Waals surface area contributed by atoms with Crippen molar-refractivity contribution < 1.29 is 13.2 Å². The highest BCUT2D eigenvalue weighted by atomic mass is 19.2. The Bertz CT molecular complexity index is 1220. The highest BCUT2D eigenvalue weighted by Crippen LogP contribution is 2.31. The van der Waals surface area contributed by atoms with Crippen molar-refractivity contribution in [1.29, 1.82) is 0 Å². The molecule has 0 saturated heterocycles. The van der Waals surface area contributed by atoms with Gasteiger partial charge >= 0.3 is 0 Å². The van der Waals surface area contributed by atoms with Crippen LogP contribution in [0.15, 0.2) is 78.9 Å². The lowest BCUT2D eigenvalue weighted by atomic mass is 9.92. The fourth-order valence-corrected chi connectivity index (χ4v) is 4.16. The van der Waals surface area contributed by atoms with Crippen LogP contribution in [0.1, 0.15) is 37.8 Å². The van der Waals surface area contributed by atoms with Crippen LogP contribution in [0.2, 0.25) is 0 Å². The van der Waals surface area contributed by atoms with Crippen LogP contribution in [0, 0.1) is 17.5 Å². The number of benzene rings is 4. The Balaban J connectivity index is 1.60. The second kappa shape index (κ2) is 10.1. The van der Waals surface area contributed by atoms with Gasteiger partial charge in [0.25, 0.3) is 0 Å². The Morgan fingerprint density at radius 3 is 1.70 bits per heavy atom. The highest BCUT2D eigenvalue weighted by molar-refractivity contribution is 5.75. The molecule has 0 N–H and O–H groups in total. The topological polar surface area (TPSA) is 0 Å². The predicted molar refractivity (Wildman–Crippen MR) is 131 cm³/mol. The second-order valence-electron chi connectivity index (χ2n) is 8.36. The van der Waals surface area contributed by atoms with Gasteiger partial charge in [-0.05, 0) is 75.9 Å². The molecule has 168 valence electrons. The summed E-state index contributed by atoms with van der Waals surface area (Å²) in [6.07, 6.45) is 4.43. The van der Waals surface area contributed by atoms with E-state index in [1.54, 1.807) is 12.1 Å². The summed E-state index contributed by atoms with van der Waals surface area (Å²) >= 11 is 0. The molecule has 0 atom stereocenters. The molecule has 0 unspecified atom stereocenters. The van der Waals surface area contributed by atoms with Gasteiger partial charge in [0.05, 0.1) is 0 Å². The molecule has 4 aromatic carbocycles. The molecular formula is C30H27F3. The Hall–Kier alpha value is -3.33. The van der Waals surface area contributed by atoms with Gasteiger partial charge in [-0.1, -0.05) is 87.0 Å². The van der Waals surface area contributed by atoms with Crippen LogP contribution in [-0.2, 0) is 12.8 Å². The maximum atomic E-state index is 13.6. The second-order valence-corrected chi connectivity index (χ2v) is 8.36. The Labute approximate surface area is 193 Å². The van der Waals surface area contributed by atoms with E-state index in [0.29, 0.717) is 11.1 Å². The highest BCUT2D eigenvalue weighted by Gasteiger charge is 2.12. The van der Waals surface area contributed by atoms with E-state index in [1.165, 1.54) is 35.1 Å². The first kappa shape index (κ1) is 22.8. The molecule has 0 heterocycles. The molecule has 0 aliphatic carbocycles. The molecule has 0 bridgehead atoms. The van der Waals surface area contributed by atoms with Crippen molar-refractivity contribution in [3.63, 3.8) is 0 Å². The van der Waals surface area contributed by atoms with Crippen LogP contribution in [0.5, 0.6) is 0 Å². The summed E-state index contributed by atoms with van der Waals surface area (Å²) in [6.45, 7) is 4.36. The number of unbranched alkanes of at least 4 members (excludes halogenated alkanes) is 1. The van der Waals surface area contributed by atoms with Crippen molar-refractivity contribution in [3.05, 3.63) is 107 Å². The monoisotopic (exact) mass is 444 g/mol. The maximum Gasteiger partial charge on any atom is 0.194 e. The minimum Gasteiger partial charge on any atom is -0.204 e. The summed E-state index contributed by atoms with van der Waals surface area (Å²) < 4.78 is 40.4. The summed E-state index contributed by atoms with van der Waals surface area (Å²) in [7, 11) is 0. The zero-order chi connectivity index (χ0) is 23.4. The van der Waals surface area contributed by atoms with Crippen molar-refractivity contribution in [2.24, 2.45) is 0 Å². The zero-order valence-electron chi connectivity index (χ0n) is 19.0. The van der Waals surface area contributed by atoms with E-state index in [0.717, 1.165) is 36.1 Å². The number of aryl methyl sites for hydroxylation is 2. The van der Waals surface area contributed by atoms with E-state index in [1.807, 2.05) is 12.1 Å². The molecule has 3 heteroatoms. The molecule has 0 aromatic heterocycles. The fraction of sp³-hybridized carbons (Fsp3) is 0.200. The number of hydrogen-bond acceptors (Lipinski definition) is 0. The SMILES string of the molecule is CCCCc1ccc(-c2ccc(-c3ccc(-c4cc(F)c(F)c(F)c4)cc3)cc2CC)cc1. The molecule has 0 amide bonds. The summed E-state index contributed by atoms with van der Waals surface area (Å²) in [4.78, 5) is 0. The Morgan fingerprint density at radius 2 is 1.12 bits per heavy atom. The van der Waals surface area contributed by atoms with Gasteiger partial charge in [0.1, 0.15) is 0 Å². The number of halogens is 3. The van der Waals surface area contributed by atoms with E-state index in [2.05, 4.69) is 56.3 Å². The Kier molecular flexibility index (Phi) is 6.98. The average molecular weight is 445 g/mol. The molecule has 0 radical (unpaired) electrons. The average Bonchev–Trinajstić information content (AvgIpc) is 2.85. The summed E-state index contributed by atoms with van der Waals surface area (Å²) in [5, 5.41) is 0. The minimum absolute atomic E-state index is 0.310. The molecular weight excluding hydrogens is 417 g/mol. The maximum absolute atomic E-state index is 13.6. The molecule has 0 fully saturated rings. The van der Waals surface area contributed by atoms with E-state index in [9.17, 15) is 13.2 Å². The lowest BCUT2D eigenvalue weighted by molar-refractivity contribution is 0.448. The van der Waals surface area contributed by atoms with E-state index >= 15 is 0 Å². The standard InChI is InChI=1S/C30H27F3/c1-3-5-6-20-7-9-24(10-8-20)27-16-15-25(17-21(27)4-2)22-11-13-23(14-12-22)26-18-28(31)30(33)29(32)19-26/h7-19H,3-6H2,1-2H3. The molecule has 33 heavy (non-hydrogen) atoms. The van der Waals surface area contributed by atoms with Crippen LogP contribution in [0.4, 0.5) is 13.2 Å². The van der Waals surface area contributed by atoms with Gasteiger partial charge in [0, 0.05) is 0 Å². The molecule has 0 spiro atoms. The normalized spacial score (nSPS) is 11.1. The van der Waals surface area contributed by atoms with Gasteiger partial charge < -0.3 is 0 Å². The smallest absolute Gasteiger partial charge is 0.194 e. The molecule has 0 saturated carbocycles. The van der Waals surface area contributed by atoms with Crippen molar-refractivity contribution in [1.82, 2.24) is 0 Å². The first-order valence-corrected chi connectivity index (χ1v) is 11.5. The van der Waals surface area contributed by atoms with Gasteiger partial charge in [0.2, 0.25) is 0 Å². The molecule has 4 aromatic rings. The molecule has 0 aliphatic heterocycles. The molecule has 4 rings (SSSR count). The van der Waals surface area contributed by atoms with Crippen molar-refractivity contribution in [2.75, 3.05) is 0 Å². The first-order chi connectivity index (χ1) is 16.0. The van der Waals surface area contributed by atoms with Crippen molar-refractivity contribution in [3.8, 4) is 33.4 Å². The third-order valence-corrected chi connectivity index (χ3v) is 6.11. The third kappa shape index (κ3) is 5.03. The van der Waals surface area contributed by atoms with Gasteiger partial charge in [-0.3, -0.25) is 0 Å². The lowest BCUT2D eigenvalue weighted by Gasteiger charge is -2.12. The van der Waals surface area contributed by atoms with Crippen LogP contribution in [0.25, 0.3) is 33.4 Å². The largest absolute Gasteiger partial charge is 0.204 e. The summed E-state index contributed by atoms with van der Waals surface area (Å²) in [6, 6.07) is 24.8. The van der Waals surface area contributed by atoms with Crippen LogP contribution >= 0.6 is 0 Å². The lowest BCUT2D eigenvalue weighted by Crippen LogP contribution is -1.92. The first-order valence-electron chi connectivity index (χ1n) is 11.5. The quantitative estimate of drug-likeness (QED) is 0.249. The van der Waals surface area contributed by atoms with Gasteiger partial charge in [0.15, 0.2) is 17.5 Å². The summed E-state index contributed by atoms with van der Waals surface area (Å²) in [5.74, 6) is -3.82. The van der Waals surface area contributed by atoms with E-state index in [-0.39, 0.29) is 0 Å².